The van der Waals surface area contributed by atoms with E-state index in [1.807, 2.05) is 0 Å². The molecule has 0 bridgehead atoms. The number of pyridine rings is 1. The van der Waals surface area contributed by atoms with Gasteiger partial charge in [0.25, 0.3) is 5.69 Å². The zero-order chi connectivity index (χ0) is 16.8. The first-order chi connectivity index (χ1) is 11.0. The summed E-state index contributed by atoms with van der Waals surface area (Å²) in [6.07, 6.45) is 1.55. The topological polar surface area (TPSA) is 109 Å². The average Bonchev–Trinajstić information content (AvgIpc) is 2.59. The Morgan fingerprint density at radius 1 is 1.17 bits per heavy atom. The first-order valence-electron chi connectivity index (χ1n) is 6.46. The summed E-state index contributed by atoms with van der Waals surface area (Å²) in [7, 11) is 1.14. The normalized spacial score (nSPS) is 9.96. The van der Waals surface area contributed by atoms with Gasteiger partial charge in [0.1, 0.15) is 6.61 Å². The lowest BCUT2D eigenvalue weighted by Crippen LogP contribution is -2.09. The highest BCUT2D eigenvalue weighted by molar-refractivity contribution is 5.96. The van der Waals surface area contributed by atoms with Crippen LogP contribution in [0.15, 0.2) is 42.6 Å². The lowest BCUT2D eigenvalue weighted by atomic mass is 10.1. The predicted molar refractivity (Wildman–Crippen MR) is 77.8 cm³/mol. The molecule has 0 amide bonds. The first-order valence-corrected chi connectivity index (χ1v) is 6.46. The standard InChI is InChI=1S/C15H12N2O6/c1-22-14(18)10-6-11(8-13(7-10)17(20)21)15(19)23-9-12-4-2-3-5-16-12/h2-8H,9H2,1H3. The molecule has 0 radical (unpaired) electrons. The molecule has 0 saturated carbocycles. The van der Waals surface area contributed by atoms with Crippen molar-refractivity contribution < 1.29 is 24.0 Å². The third kappa shape index (κ3) is 4.10. The van der Waals surface area contributed by atoms with E-state index in [0.29, 0.717) is 5.69 Å². The average molecular weight is 316 g/mol. The number of hydrogen-bond donors (Lipinski definition) is 0. The van der Waals surface area contributed by atoms with E-state index < -0.39 is 22.5 Å². The number of nitrogens with zero attached hydrogens (tertiary/aromatic N) is 2. The van der Waals surface area contributed by atoms with Crippen molar-refractivity contribution in [3.05, 3.63) is 69.5 Å². The third-order valence-electron chi connectivity index (χ3n) is 2.86. The van der Waals surface area contributed by atoms with Crippen LogP contribution < -0.4 is 0 Å². The molecule has 8 nitrogen and oxygen atoms in total. The molecule has 1 aromatic carbocycles. The van der Waals surface area contributed by atoms with Gasteiger partial charge in [-0.2, -0.15) is 0 Å². The molecule has 0 fully saturated rings. The van der Waals surface area contributed by atoms with E-state index in [-0.39, 0.29) is 17.7 Å². The fourth-order valence-electron chi connectivity index (χ4n) is 1.78. The molecule has 1 heterocycles. The molecule has 0 aliphatic heterocycles. The fourth-order valence-corrected chi connectivity index (χ4v) is 1.78. The van der Waals surface area contributed by atoms with Crippen LogP contribution in [0, 0.1) is 10.1 Å². The maximum absolute atomic E-state index is 12.0. The number of rotatable bonds is 5. The summed E-state index contributed by atoms with van der Waals surface area (Å²) < 4.78 is 9.55. The van der Waals surface area contributed by atoms with Crippen LogP contribution in [0.3, 0.4) is 0 Å². The van der Waals surface area contributed by atoms with Crippen molar-refractivity contribution in [2.75, 3.05) is 7.11 Å². The number of hydrogen-bond acceptors (Lipinski definition) is 7. The second-order valence-corrected chi connectivity index (χ2v) is 4.41. The quantitative estimate of drug-likeness (QED) is 0.472. The predicted octanol–water partition coefficient (Wildman–Crippen LogP) is 2.13. The molecule has 0 aliphatic rings. The molecular formula is C15H12N2O6. The number of ether oxygens (including phenoxy) is 2. The number of non-ortho nitro benzene ring substituents is 1. The highest BCUT2D eigenvalue weighted by Crippen LogP contribution is 2.19. The van der Waals surface area contributed by atoms with Gasteiger partial charge in [0, 0.05) is 18.3 Å². The summed E-state index contributed by atoms with van der Waals surface area (Å²) in [5.41, 5.74) is -0.0980. The van der Waals surface area contributed by atoms with E-state index in [1.54, 1.807) is 24.4 Å². The third-order valence-corrected chi connectivity index (χ3v) is 2.86. The molecule has 23 heavy (non-hydrogen) atoms. The molecule has 2 aromatic rings. The van der Waals surface area contributed by atoms with E-state index >= 15 is 0 Å². The molecule has 0 saturated heterocycles. The maximum Gasteiger partial charge on any atom is 0.338 e. The number of carbonyl (C=O) groups is 2. The van der Waals surface area contributed by atoms with Gasteiger partial charge < -0.3 is 9.47 Å². The largest absolute Gasteiger partial charge is 0.465 e. The Morgan fingerprint density at radius 3 is 2.43 bits per heavy atom. The summed E-state index contributed by atoms with van der Waals surface area (Å²) in [6.45, 7) is -0.0874. The molecule has 0 N–H and O–H groups in total. The Labute approximate surface area is 130 Å². The molecule has 0 atom stereocenters. The summed E-state index contributed by atoms with van der Waals surface area (Å²) in [6, 6.07) is 8.36. The number of aromatic nitrogens is 1. The van der Waals surface area contributed by atoms with Crippen LogP contribution >= 0.6 is 0 Å². The van der Waals surface area contributed by atoms with E-state index in [4.69, 9.17) is 4.74 Å². The van der Waals surface area contributed by atoms with Gasteiger partial charge in [0.2, 0.25) is 0 Å². The van der Waals surface area contributed by atoms with Crippen molar-refractivity contribution in [2.45, 2.75) is 6.61 Å². The van der Waals surface area contributed by atoms with Crippen LogP contribution in [0.2, 0.25) is 0 Å². The molecule has 0 aliphatic carbocycles. The Kier molecular flexibility index (Phi) is 4.98. The van der Waals surface area contributed by atoms with Crippen molar-refractivity contribution in [2.24, 2.45) is 0 Å². The van der Waals surface area contributed by atoms with E-state index in [2.05, 4.69) is 9.72 Å². The maximum atomic E-state index is 12.0. The van der Waals surface area contributed by atoms with Gasteiger partial charge in [0.05, 0.1) is 28.9 Å². The van der Waals surface area contributed by atoms with Crippen LogP contribution in [-0.4, -0.2) is 29.0 Å². The smallest absolute Gasteiger partial charge is 0.338 e. The second kappa shape index (κ2) is 7.12. The van der Waals surface area contributed by atoms with Gasteiger partial charge in [-0.15, -0.1) is 0 Å². The molecule has 1 aromatic heterocycles. The summed E-state index contributed by atoms with van der Waals surface area (Å²) in [4.78, 5) is 37.8. The summed E-state index contributed by atoms with van der Waals surface area (Å²) >= 11 is 0. The summed E-state index contributed by atoms with van der Waals surface area (Å²) in [5, 5.41) is 10.9. The van der Waals surface area contributed by atoms with E-state index in [1.165, 1.54) is 6.07 Å². The molecule has 8 heteroatoms. The summed E-state index contributed by atoms with van der Waals surface area (Å²) in [5.74, 6) is -1.59. The van der Waals surface area contributed by atoms with Crippen molar-refractivity contribution in [3.63, 3.8) is 0 Å². The first kappa shape index (κ1) is 16.1. The lowest BCUT2D eigenvalue weighted by Gasteiger charge is -2.06. The number of nitro benzene ring substituents is 1. The lowest BCUT2D eigenvalue weighted by molar-refractivity contribution is -0.384. The zero-order valence-corrected chi connectivity index (χ0v) is 12.1. The van der Waals surface area contributed by atoms with Gasteiger partial charge in [-0.3, -0.25) is 15.1 Å². The number of methoxy groups -OCH3 is 1. The highest BCUT2D eigenvalue weighted by atomic mass is 16.6. The van der Waals surface area contributed by atoms with Gasteiger partial charge >= 0.3 is 11.9 Å². The van der Waals surface area contributed by atoms with Gasteiger partial charge in [-0.1, -0.05) is 6.07 Å². The number of nitro groups is 1. The highest BCUT2D eigenvalue weighted by Gasteiger charge is 2.19. The van der Waals surface area contributed by atoms with E-state index in [9.17, 15) is 19.7 Å². The molecule has 118 valence electrons. The molecule has 2 rings (SSSR count). The van der Waals surface area contributed by atoms with Crippen molar-refractivity contribution in [1.29, 1.82) is 0 Å². The molecule has 0 spiro atoms. The fraction of sp³-hybridized carbons (Fsp3) is 0.133. The zero-order valence-electron chi connectivity index (χ0n) is 12.1. The second-order valence-electron chi connectivity index (χ2n) is 4.41. The van der Waals surface area contributed by atoms with Crippen LogP contribution in [-0.2, 0) is 16.1 Å². The van der Waals surface area contributed by atoms with Crippen molar-refractivity contribution in [3.8, 4) is 0 Å². The minimum Gasteiger partial charge on any atom is -0.465 e. The van der Waals surface area contributed by atoms with Crippen LogP contribution in [0.5, 0.6) is 0 Å². The van der Waals surface area contributed by atoms with E-state index in [0.717, 1.165) is 19.2 Å². The minimum atomic E-state index is -0.801. The van der Waals surface area contributed by atoms with Gasteiger partial charge in [-0.05, 0) is 18.2 Å². The SMILES string of the molecule is COC(=O)c1cc(C(=O)OCc2ccccn2)cc([N+](=O)[O-])c1. The number of esters is 2. The van der Waals surface area contributed by atoms with Crippen molar-refractivity contribution >= 4 is 17.6 Å². The van der Waals surface area contributed by atoms with Gasteiger partial charge in [0.15, 0.2) is 0 Å². The molecule has 0 unspecified atom stereocenters. The monoisotopic (exact) mass is 316 g/mol. The minimum absolute atomic E-state index is 0.0874. The van der Waals surface area contributed by atoms with Crippen molar-refractivity contribution in [1.82, 2.24) is 4.98 Å². The Morgan fingerprint density at radius 2 is 1.87 bits per heavy atom. The van der Waals surface area contributed by atoms with Crippen LogP contribution in [0.25, 0.3) is 0 Å². The number of benzene rings is 1. The molecular weight excluding hydrogens is 304 g/mol. The van der Waals surface area contributed by atoms with Gasteiger partial charge in [-0.25, -0.2) is 9.59 Å². The Bertz CT molecular complexity index is 745. The Balaban J connectivity index is 2.23. The van der Waals surface area contributed by atoms with Crippen LogP contribution in [0.1, 0.15) is 26.4 Å². The Hall–Kier alpha value is -3.29. The number of carbonyl (C=O) groups excluding carboxylic acids is 2. The van der Waals surface area contributed by atoms with Crippen LogP contribution in [0.4, 0.5) is 5.69 Å².